The zero-order valence-electron chi connectivity index (χ0n) is 11.4. The van der Waals surface area contributed by atoms with Crippen molar-refractivity contribution in [1.29, 1.82) is 0 Å². The number of nitrogens with one attached hydrogen (secondary N) is 1. The van der Waals surface area contributed by atoms with E-state index in [2.05, 4.69) is 56.8 Å². The minimum Gasteiger partial charge on any atom is -0.325 e. The van der Waals surface area contributed by atoms with Gasteiger partial charge in [-0.3, -0.25) is 15.1 Å². The Labute approximate surface area is 98.1 Å². The van der Waals surface area contributed by atoms with Crippen molar-refractivity contribution in [2.45, 2.75) is 53.1 Å². The molecule has 0 radical (unpaired) electrons. The van der Waals surface area contributed by atoms with E-state index in [1.54, 1.807) is 7.05 Å². The quantitative estimate of drug-likeness (QED) is 0.681. The van der Waals surface area contributed by atoms with Gasteiger partial charge < -0.3 is 4.90 Å². The Bertz CT molecular complexity index is 320. The van der Waals surface area contributed by atoms with Crippen molar-refractivity contribution in [3.05, 3.63) is 0 Å². The molecule has 1 aliphatic rings. The monoisotopic (exact) mass is 225 g/mol. The molecular weight excluding hydrogens is 202 g/mol. The first-order valence-corrected chi connectivity index (χ1v) is 5.66. The molecule has 0 bridgehead atoms. The van der Waals surface area contributed by atoms with Crippen LogP contribution in [0.3, 0.4) is 0 Å². The van der Waals surface area contributed by atoms with Crippen LogP contribution in [0.15, 0.2) is 4.99 Å². The molecule has 1 unspecified atom stereocenters. The number of hydrogen-bond acceptors (Lipinski definition) is 2. The second-order valence-corrected chi connectivity index (χ2v) is 6.35. The number of carbonyl (C=O) groups excluding carboxylic acids is 1. The van der Waals surface area contributed by atoms with E-state index in [0.29, 0.717) is 5.96 Å². The van der Waals surface area contributed by atoms with Gasteiger partial charge in [-0.1, -0.05) is 20.8 Å². The third-order valence-electron chi connectivity index (χ3n) is 2.72. The maximum Gasteiger partial charge on any atom is 0.250 e. The summed E-state index contributed by atoms with van der Waals surface area (Å²) in [5.74, 6) is 0.723. The van der Waals surface area contributed by atoms with Gasteiger partial charge in [-0.05, 0) is 26.2 Å². The number of rotatable bonds is 0. The Kier molecular flexibility index (Phi) is 3.05. The lowest BCUT2D eigenvalue weighted by Crippen LogP contribution is -2.53. The van der Waals surface area contributed by atoms with Crippen molar-refractivity contribution < 1.29 is 4.79 Å². The predicted octanol–water partition coefficient (Wildman–Crippen LogP) is 1.62. The lowest BCUT2D eigenvalue weighted by atomic mass is 9.84. The molecule has 4 nitrogen and oxygen atoms in total. The number of hydrogen-bond donors (Lipinski definition) is 1. The van der Waals surface area contributed by atoms with Gasteiger partial charge in [0.15, 0.2) is 0 Å². The number of guanidine groups is 1. The van der Waals surface area contributed by atoms with Gasteiger partial charge in [-0.2, -0.15) is 0 Å². The summed E-state index contributed by atoms with van der Waals surface area (Å²) in [5.41, 5.74) is -0.226. The zero-order chi connectivity index (χ0) is 12.7. The number of aliphatic imine (C=N–C) groups is 1. The second-order valence-electron chi connectivity index (χ2n) is 6.35. The van der Waals surface area contributed by atoms with Gasteiger partial charge in [-0.15, -0.1) is 0 Å². The lowest BCUT2D eigenvalue weighted by Gasteiger charge is -2.41. The van der Waals surface area contributed by atoms with Crippen molar-refractivity contribution in [2.75, 3.05) is 7.05 Å². The van der Waals surface area contributed by atoms with Crippen LogP contribution in [0.1, 0.15) is 41.5 Å². The van der Waals surface area contributed by atoms with Crippen LogP contribution in [-0.4, -0.2) is 35.4 Å². The number of nitrogens with zero attached hydrogens (tertiary/aromatic N) is 2. The van der Waals surface area contributed by atoms with Crippen LogP contribution < -0.4 is 5.32 Å². The molecule has 4 heteroatoms. The summed E-state index contributed by atoms with van der Waals surface area (Å²) in [7, 11) is 1.71. The fourth-order valence-electron chi connectivity index (χ4n) is 2.13. The molecule has 1 heterocycles. The van der Waals surface area contributed by atoms with Crippen LogP contribution in [-0.2, 0) is 4.79 Å². The van der Waals surface area contributed by atoms with Crippen LogP contribution in [0.5, 0.6) is 0 Å². The summed E-state index contributed by atoms with van der Waals surface area (Å²) in [5, 5.41) is 2.85. The summed E-state index contributed by atoms with van der Waals surface area (Å²) < 4.78 is 0. The Hall–Kier alpha value is -1.06. The molecule has 0 aromatic carbocycles. The van der Waals surface area contributed by atoms with E-state index in [1.165, 1.54) is 0 Å². The van der Waals surface area contributed by atoms with Gasteiger partial charge in [0.1, 0.15) is 6.04 Å². The van der Waals surface area contributed by atoms with E-state index in [1.807, 2.05) is 0 Å². The molecule has 1 fully saturated rings. The highest BCUT2D eigenvalue weighted by molar-refractivity contribution is 6.07. The first-order chi connectivity index (χ1) is 7.09. The van der Waals surface area contributed by atoms with Gasteiger partial charge in [0, 0.05) is 12.6 Å². The normalized spacial score (nSPS) is 25.2. The van der Waals surface area contributed by atoms with E-state index in [0.717, 1.165) is 0 Å². The van der Waals surface area contributed by atoms with Crippen molar-refractivity contribution in [3.8, 4) is 0 Å². The van der Waals surface area contributed by atoms with E-state index in [4.69, 9.17) is 0 Å². The molecule has 0 aromatic heterocycles. The molecule has 1 atom stereocenters. The van der Waals surface area contributed by atoms with Crippen LogP contribution in [0.4, 0.5) is 0 Å². The maximum atomic E-state index is 12.0. The molecule has 16 heavy (non-hydrogen) atoms. The molecule has 1 saturated heterocycles. The number of amides is 1. The molecule has 1 aliphatic heterocycles. The highest BCUT2D eigenvalue weighted by Crippen LogP contribution is 2.32. The van der Waals surface area contributed by atoms with E-state index >= 15 is 0 Å². The minimum atomic E-state index is -0.161. The molecule has 1 rings (SSSR count). The largest absolute Gasteiger partial charge is 0.325 e. The smallest absolute Gasteiger partial charge is 0.250 e. The minimum absolute atomic E-state index is 0.0445. The van der Waals surface area contributed by atoms with Crippen LogP contribution in [0.25, 0.3) is 0 Å². The molecule has 1 N–H and O–H groups in total. The van der Waals surface area contributed by atoms with E-state index < -0.39 is 0 Å². The molecule has 0 spiro atoms. The molecule has 0 aliphatic carbocycles. The highest BCUT2D eigenvalue weighted by Gasteiger charge is 2.48. The Balaban J connectivity index is 3.21. The zero-order valence-corrected chi connectivity index (χ0v) is 11.4. The Morgan fingerprint density at radius 2 is 1.69 bits per heavy atom. The summed E-state index contributed by atoms with van der Waals surface area (Å²) in [6, 6.07) is -0.161. The van der Waals surface area contributed by atoms with Crippen LogP contribution in [0.2, 0.25) is 0 Å². The lowest BCUT2D eigenvalue weighted by molar-refractivity contribution is -0.125. The van der Waals surface area contributed by atoms with Gasteiger partial charge in [0.2, 0.25) is 11.9 Å². The number of carbonyl (C=O) groups is 1. The Morgan fingerprint density at radius 1 is 1.19 bits per heavy atom. The average Bonchev–Trinajstić information content (AvgIpc) is 2.40. The third-order valence-corrected chi connectivity index (χ3v) is 2.72. The molecule has 0 saturated carbocycles. The first kappa shape index (κ1) is 13.0. The van der Waals surface area contributed by atoms with Crippen LogP contribution in [0, 0.1) is 5.41 Å². The standard InChI is InChI=1S/C12H23N3O/c1-11(2,3)8-9(16)14-10(13-7)15(8)12(4,5)6/h8H,1-7H3,(H,13,14,16). The van der Waals surface area contributed by atoms with Crippen LogP contribution >= 0.6 is 0 Å². The average molecular weight is 225 g/mol. The van der Waals surface area contributed by atoms with Crippen molar-refractivity contribution in [2.24, 2.45) is 10.4 Å². The predicted molar refractivity (Wildman–Crippen MR) is 66.3 cm³/mol. The molecule has 0 aromatic rings. The molecule has 92 valence electrons. The molecule has 1 amide bonds. The summed E-state index contributed by atoms with van der Waals surface area (Å²) in [4.78, 5) is 18.3. The third kappa shape index (κ3) is 2.20. The van der Waals surface area contributed by atoms with Gasteiger partial charge >= 0.3 is 0 Å². The van der Waals surface area contributed by atoms with E-state index in [-0.39, 0.29) is 22.9 Å². The van der Waals surface area contributed by atoms with Gasteiger partial charge in [-0.25, -0.2) is 0 Å². The molecular formula is C12H23N3O. The van der Waals surface area contributed by atoms with E-state index in [9.17, 15) is 4.79 Å². The SMILES string of the molecule is CN=C1NC(=O)C(C(C)(C)C)N1C(C)(C)C. The van der Waals surface area contributed by atoms with Gasteiger partial charge in [0.05, 0.1) is 0 Å². The topological polar surface area (TPSA) is 44.7 Å². The summed E-state index contributed by atoms with van der Waals surface area (Å²) in [6.45, 7) is 12.5. The second kappa shape index (κ2) is 3.75. The summed E-state index contributed by atoms with van der Waals surface area (Å²) >= 11 is 0. The van der Waals surface area contributed by atoms with Crippen molar-refractivity contribution in [3.63, 3.8) is 0 Å². The highest BCUT2D eigenvalue weighted by atomic mass is 16.2. The summed E-state index contributed by atoms with van der Waals surface area (Å²) in [6.07, 6.45) is 0. The fourth-order valence-corrected chi connectivity index (χ4v) is 2.13. The fraction of sp³-hybridized carbons (Fsp3) is 0.833. The van der Waals surface area contributed by atoms with Crippen molar-refractivity contribution >= 4 is 11.9 Å². The van der Waals surface area contributed by atoms with Crippen molar-refractivity contribution in [1.82, 2.24) is 10.2 Å². The maximum absolute atomic E-state index is 12.0. The Morgan fingerprint density at radius 3 is 2.00 bits per heavy atom. The van der Waals surface area contributed by atoms with Gasteiger partial charge in [0.25, 0.3) is 0 Å². The first-order valence-electron chi connectivity index (χ1n) is 5.66.